The summed E-state index contributed by atoms with van der Waals surface area (Å²) in [6.45, 7) is 0. The minimum absolute atomic E-state index is 0.00616. The Kier molecular flexibility index (Phi) is 3.57. The molecule has 0 bridgehead atoms. The highest BCUT2D eigenvalue weighted by molar-refractivity contribution is 9.10. The molecule has 0 unspecified atom stereocenters. The van der Waals surface area contributed by atoms with Crippen molar-refractivity contribution in [3.8, 4) is 0 Å². The average Bonchev–Trinajstić information content (AvgIpc) is 2.10. The van der Waals surface area contributed by atoms with E-state index in [4.69, 9.17) is 5.11 Å². The number of carboxylic acid groups (broad SMARTS) is 1. The lowest BCUT2D eigenvalue weighted by molar-refractivity contribution is -0.136. The Morgan fingerprint density at radius 3 is 2.67 bits per heavy atom. The van der Waals surface area contributed by atoms with E-state index in [1.165, 1.54) is 0 Å². The van der Waals surface area contributed by atoms with Crippen LogP contribution < -0.4 is 5.56 Å². The first-order chi connectivity index (χ1) is 6.93. The SMILES string of the molecule is O=C(O)Cc1c(C(F)F)c(Br)c[nH]c1=O. The first-order valence-electron chi connectivity index (χ1n) is 3.83. The standard InChI is InChI=1S/C8H6BrF2NO3/c9-4-2-12-8(15)3(1-5(13)14)6(4)7(10)11/h2,7H,1H2,(H,12,15)(H,13,14). The third-order valence-electron chi connectivity index (χ3n) is 1.73. The zero-order valence-corrected chi connectivity index (χ0v) is 8.85. The third kappa shape index (κ3) is 2.62. The van der Waals surface area contributed by atoms with Gasteiger partial charge in [-0.2, -0.15) is 0 Å². The predicted molar refractivity (Wildman–Crippen MR) is 51.1 cm³/mol. The molecule has 82 valence electrons. The van der Waals surface area contributed by atoms with E-state index in [-0.39, 0.29) is 4.47 Å². The highest BCUT2D eigenvalue weighted by atomic mass is 79.9. The smallest absolute Gasteiger partial charge is 0.308 e. The molecule has 0 spiro atoms. The van der Waals surface area contributed by atoms with Crippen molar-refractivity contribution in [3.63, 3.8) is 0 Å². The summed E-state index contributed by atoms with van der Waals surface area (Å²) in [7, 11) is 0. The number of halogens is 3. The van der Waals surface area contributed by atoms with Crippen molar-refractivity contribution >= 4 is 21.9 Å². The number of carboxylic acids is 1. The van der Waals surface area contributed by atoms with Gasteiger partial charge >= 0.3 is 5.97 Å². The molecule has 0 radical (unpaired) electrons. The molecule has 1 aromatic heterocycles. The molecule has 0 aliphatic heterocycles. The molecule has 2 N–H and O–H groups in total. The lowest BCUT2D eigenvalue weighted by Gasteiger charge is -2.07. The molecule has 0 aliphatic carbocycles. The predicted octanol–water partition coefficient (Wildman–Crippen LogP) is 1.70. The van der Waals surface area contributed by atoms with Crippen LogP contribution >= 0.6 is 15.9 Å². The van der Waals surface area contributed by atoms with Crippen LogP contribution in [-0.4, -0.2) is 16.1 Å². The lowest BCUT2D eigenvalue weighted by atomic mass is 10.1. The van der Waals surface area contributed by atoms with Gasteiger partial charge in [-0.1, -0.05) is 0 Å². The van der Waals surface area contributed by atoms with Crippen molar-refractivity contribution in [2.24, 2.45) is 0 Å². The Morgan fingerprint density at radius 2 is 2.20 bits per heavy atom. The van der Waals surface area contributed by atoms with Crippen LogP contribution in [0.3, 0.4) is 0 Å². The number of aromatic nitrogens is 1. The van der Waals surface area contributed by atoms with Gasteiger partial charge in [0.05, 0.1) is 6.42 Å². The van der Waals surface area contributed by atoms with E-state index in [2.05, 4.69) is 20.9 Å². The van der Waals surface area contributed by atoms with Crippen LogP contribution in [0.4, 0.5) is 8.78 Å². The fourth-order valence-electron chi connectivity index (χ4n) is 1.12. The Morgan fingerprint density at radius 1 is 1.60 bits per heavy atom. The summed E-state index contributed by atoms with van der Waals surface area (Å²) in [6.07, 6.45) is -2.56. The van der Waals surface area contributed by atoms with Gasteiger partial charge in [-0.3, -0.25) is 9.59 Å². The van der Waals surface area contributed by atoms with Crippen LogP contribution in [0.25, 0.3) is 0 Å². The quantitative estimate of drug-likeness (QED) is 0.886. The number of H-pyrrole nitrogens is 1. The van der Waals surface area contributed by atoms with E-state index in [0.717, 1.165) is 6.20 Å². The van der Waals surface area contributed by atoms with Gasteiger partial charge in [0.25, 0.3) is 12.0 Å². The summed E-state index contributed by atoms with van der Waals surface area (Å²) in [4.78, 5) is 23.7. The Bertz CT molecular complexity index is 444. The summed E-state index contributed by atoms with van der Waals surface area (Å²) < 4.78 is 25.1. The van der Waals surface area contributed by atoms with E-state index in [9.17, 15) is 18.4 Å². The fraction of sp³-hybridized carbons (Fsp3) is 0.250. The highest BCUT2D eigenvalue weighted by Gasteiger charge is 2.21. The number of carbonyl (C=O) groups is 1. The van der Waals surface area contributed by atoms with Gasteiger partial charge in [0.1, 0.15) is 0 Å². The first kappa shape index (κ1) is 11.8. The van der Waals surface area contributed by atoms with Crippen LogP contribution in [0.1, 0.15) is 17.6 Å². The first-order valence-corrected chi connectivity index (χ1v) is 4.62. The number of hydrogen-bond donors (Lipinski definition) is 2. The second-order valence-corrected chi connectivity index (χ2v) is 3.58. The van der Waals surface area contributed by atoms with E-state index < -0.39 is 35.5 Å². The van der Waals surface area contributed by atoms with Gasteiger partial charge in [-0.15, -0.1) is 0 Å². The summed E-state index contributed by atoms with van der Waals surface area (Å²) in [5, 5.41) is 8.48. The molecular formula is C8H6BrF2NO3. The Labute approximate surface area is 91.1 Å². The number of pyridine rings is 1. The van der Waals surface area contributed by atoms with Crippen molar-refractivity contribution in [2.75, 3.05) is 0 Å². The number of alkyl halides is 2. The molecule has 1 heterocycles. The second kappa shape index (κ2) is 4.52. The van der Waals surface area contributed by atoms with Gasteiger partial charge in [0.2, 0.25) is 0 Å². The van der Waals surface area contributed by atoms with E-state index >= 15 is 0 Å². The zero-order chi connectivity index (χ0) is 11.6. The molecule has 0 fully saturated rings. The summed E-state index contributed by atoms with van der Waals surface area (Å²) in [6, 6.07) is 0. The van der Waals surface area contributed by atoms with Crippen molar-refractivity contribution in [3.05, 3.63) is 32.2 Å². The third-order valence-corrected chi connectivity index (χ3v) is 2.39. The molecule has 0 atom stereocenters. The largest absolute Gasteiger partial charge is 0.481 e. The molecule has 7 heteroatoms. The number of hydrogen-bond acceptors (Lipinski definition) is 2. The summed E-state index contributed by atoms with van der Waals surface area (Å²) >= 11 is 2.83. The fourth-order valence-corrected chi connectivity index (χ4v) is 1.65. The van der Waals surface area contributed by atoms with Crippen molar-refractivity contribution in [1.29, 1.82) is 0 Å². The van der Waals surface area contributed by atoms with Gasteiger partial charge in [0, 0.05) is 21.8 Å². The summed E-state index contributed by atoms with van der Waals surface area (Å²) in [5.41, 5.74) is -1.80. The van der Waals surface area contributed by atoms with Gasteiger partial charge in [0.15, 0.2) is 0 Å². The molecule has 1 aromatic rings. The molecular weight excluding hydrogens is 276 g/mol. The molecule has 0 aliphatic rings. The maximum absolute atomic E-state index is 12.5. The Hall–Kier alpha value is -1.24. The van der Waals surface area contributed by atoms with E-state index in [0.29, 0.717) is 0 Å². The van der Waals surface area contributed by atoms with Gasteiger partial charge in [-0.05, 0) is 15.9 Å². The van der Waals surface area contributed by atoms with E-state index in [1.54, 1.807) is 0 Å². The topological polar surface area (TPSA) is 70.2 Å². The van der Waals surface area contributed by atoms with Gasteiger partial charge in [-0.25, -0.2) is 8.78 Å². The van der Waals surface area contributed by atoms with Crippen LogP contribution in [0.2, 0.25) is 0 Å². The van der Waals surface area contributed by atoms with Crippen LogP contribution in [-0.2, 0) is 11.2 Å². The molecule has 0 amide bonds. The Balaban J connectivity index is 3.38. The average molecular weight is 282 g/mol. The van der Waals surface area contributed by atoms with Crippen LogP contribution in [0.5, 0.6) is 0 Å². The maximum Gasteiger partial charge on any atom is 0.308 e. The minimum Gasteiger partial charge on any atom is -0.481 e. The van der Waals surface area contributed by atoms with Crippen molar-refractivity contribution < 1.29 is 18.7 Å². The number of aliphatic carboxylic acids is 1. The van der Waals surface area contributed by atoms with Crippen molar-refractivity contribution in [1.82, 2.24) is 4.98 Å². The molecule has 0 saturated carbocycles. The maximum atomic E-state index is 12.5. The number of rotatable bonds is 3. The van der Waals surface area contributed by atoms with Gasteiger partial charge < -0.3 is 10.1 Å². The number of nitrogens with one attached hydrogen (secondary N) is 1. The molecule has 0 saturated heterocycles. The molecule has 4 nitrogen and oxygen atoms in total. The van der Waals surface area contributed by atoms with Crippen molar-refractivity contribution in [2.45, 2.75) is 12.8 Å². The van der Waals surface area contributed by atoms with Crippen LogP contribution in [0, 0.1) is 0 Å². The normalized spacial score (nSPS) is 10.7. The molecule has 0 aromatic carbocycles. The monoisotopic (exact) mass is 281 g/mol. The molecule has 15 heavy (non-hydrogen) atoms. The highest BCUT2D eigenvalue weighted by Crippen LogP contribution is 2.28. The zero-order valence-electron chi connectivity index (χ0n) is 7.26. The lowest BCUT2D eigenvalue weighted by Crippen LogP contribution is -2.19. The second-order valence-electron chi connectivity index (χ2n) is 2.73. The number of aromatic amines is 1. The van der Waals surface area contributed by atoms with Crippen LogP contribution in [0.15, 0.2) is 15.5 Å². The minimum atomic E-state index is -2.89. The van der Waals surface area contributed by atoms with E-state index in [1.807, 2.05) is 0 Å². The molecule has 1 rings (SSSR count). The summed E-state index contributed by atoms with van der Waals surface area (Å²) in [5.74, 6) is -1.33.